The Hall–Kier alpha value is -1.71. The first-order valence-corrected chi connectivity index (χ1v) is 6.66. The molecule has 2 aliphatic carbocycles. The zero-order valence-electron chi connectivity index (χ0n) is 10.8. The fraction of sp³-hybridized carbons (Fsp3) is 0.467. The van der Waals surface area contributed by atoms with Gasteiger partial charge in [0.1, 0.15) is 5.82 Å². The van der Waals surface area contributed by atoms with Crippen molar-refractivity contribution in [2.45, 2.75) is 32.1 Å². The average Bonchev–Trinajstić information content (AvgIpc) is 3.28. The second-order valence-corrected chi connectivity index (χ2v) is 5.42. The van der Waals surface area contributed by atoms with E-state index in [0.29, 0.717) is 11.8 Å². The Morgan fingerprint density at radius 3 is 2.63 bits per heavy atom. The summed E-state index contributed by atoms with van der Waals surface area (Å²) in [5.74, 6) is 0.341. The van der Waals surface area contributed by atoms with Crippen molar-refractivity contribution in [3.05, 3.63) is 35.6 Å². The Balaban J connectivity index is 1.57. The molecule has 1 aromatic rings. The molecule has 0 radical (unpaired) electrons. The standard InChI is InChI=1S/C15H16FNO2/c1-9(17-19-15(18)11-2-3-11)13-8-14(13)10-4-6-12(16)7-5-10/h4-7,11,13-14H,2-3,8H2,1H3/t13-,14+/m0/s1. The Labute approximate surface area is 111 Å². The van der Waals surface area contributed by atoms with Crippen LogP contribution in [0.1, 0.15) is 37.7 Å². The van der Waals surface area contributed by atoms with Crippen LogP contribution in [0, 0.1) is 17.7 Å². The van der Waals surface area contributed by atoms with E-state index in [1.54, 1.807) is 0 Å². The molecule has 0 heterocycles. The maximum atomic E-state index is 12.8. The number of oxime groups is 1. The van der Waals surface area contributed by atoms with Gasteiger partial charge in [-0.3, -0.25) is 0 Å². The fourth-order valence-corrected chi connectivity index (χ4v) is 2.31. The third-order valence-corrected chi connectivity index (χ3v) is 3.82. The molecule has 0 saturated heterocycles. The van der Waals surface area contributed by atoms with E-state index in [0.717, 1.165) is 30.5 Å². The number of rotatable bonds is 4. The van der Waals surface area contributed by atoms with E-state index in [1.165, 1.54) is 12.1 Å². The molecule has 0 unspecified atom stereocenters. The summed E-state index contributed by atoms with van der Waals surface area (Å²) in [7, 11) is 0. The molecule has 0 aliphatic heterocycles. The molecule has 0 aromatic heterocycles. The number of benzene rings is 1. The van der Waals surface area contributed by atoms with Crippen LogP contribution in [0.25, 0.3) is 0 Å². The van der Waals surface area contributed by atoms with Gasteiger partial charge < -0.3 is 4.84 Å². The smallest absolute Gasteiger partial charge is 0.318 e. The van der Waals surface area contributed by atoms with Gasteiger partial charge in [0.05, 0.1) is 11.6 Å². The SMILES string of the molecule is CC(=NOC(=O)C1CC1)[C@@H]1C[C@@H]1c1ccc(F)cc1. The Morgan fingerprint density at radius 1 is 1.32 bits per heavy atom. The number of nitrogens with zero attached hydrogens (tertiary/aromatic N) is 1. The number of hydrogen-bond acceptors (Lipinski definition) is 3. The zero-order chi connectivity index (χ0) is 13.4. The summed E-state index contributed by atoms with van der Waals surface area (Å²) in [5.41, 5.74) is 1.97. The first-order chi connectivity index (χ1) is 9.15. The van der Waals surface area contributed by atoms with Crippen molar-refractivity contribution in [3.8, 4) is 0 Å². The molecule has 19 heavy (non-hydrogen) atoms. The Kier molecular flexibility index (Phi) is 3.09. The van der Waals surface area contributed by atoms with Crippen LogP contribution in [0.15, 0.2) is 29.4 Å². The number of halogens is 1. The molecule has 3 rings (SSSR count). The highest BCUT2D eigenvalue weighted by atomic mass is 19.1. The summed E-state index contributed by atoms with van der Waals surface area (Å²) in [6.45, 7) is 1.88. The number of carbonyl (C=O) groups is 1. The highest BCUT2D eigenvalue weighted by Gasteiger charge is 2.41. The van der Waals surface area contributed by atoms with Gasteiger partial charge in [-0.2, -0.15) is 0 Å². The molecule has 1 aromatic carbocycles. The molecule has 0 bridgehead atoms. The van der Waals surface area contributed by atoms with E-state index >= 15 is 0 Å². The molecule has 2 aliphatic rings. The molecule has 2 atom stereocenters. The lowest BCUT2D eigenvalue weighted by Crippen LogP contribution is -2.05. The lowest BCUT2D eigenvalue weighted by molar-refractivity contribution is -0.145. The lowest BCUT2D eigenvalue weighted by Gasteiger charge is -2.01. The van der Waals surface area contributed by atoms with Crippen molar-refractivity contribution in [2.24, 2.45) is 17.0 Å². The topological polar surface area (TPSA) is 38.7 Å². The van der Waals surface area contributed by atoms with Gasteiger partial charge in [0.15, 0.2) is 0 Å². The second-order valence-electron chi connectivity index (χ2n) is 5.42. The Bertz CT molecular complexity index is 519. The summed E-state index contributed by atoms with van der Waals surface area (Å²) < 4.78 is 12.8. The predicted octanol–water partition coefficient (Wildman–Crippen LogP) is 3.26. The van der Waals surface area contributed by atoms with Gasteiger partial charge in [-0.05, 0) is 49.8 Å². The van der Waals surface area contributed by atoms with Gasteiger partial charge in [-0.15, -0.1) is 0 Å². The maximum absolute atomic E-state index is 12.8. The van der Waals surface area contributed by atoms with Crippen LogP contribution in [0.4, 0.5) is 4.39 Å². The number of hydrogen-bond donors (Lipinski definition) is 0. The van der Waals surface area contributed by atoms with Crippen LogP contribution in [0.3, 0.4) is 0 Å². The maximum Gasteiger partial charge on any atom is 0.338 e. The van der Waals surface area contributed by atoms with Crippen LogP contribution in [-0.2, 0) is 9.63 Å². The van der Waals surface area contributed by atoms with Crippen LogP contribution >= 0.6 is 0 Å². The minimum absolute atomic E-state index is 0.0728. The van der Waals surface area contributed by atoms with E-state index in [1.807, 2.05) is 19.1 Å². The monoisotopic (exact) mass is 261 g/mol. The quantitative estimate of drug-likeness (QED) is 0.474. The molecule has 4 heteroatoms. The normalized spacial score (nSPS) is 26.1. The summed E-state index contributed by atoms with van der Waals surface area (Å²) in [5, 5.41) is 3.93. The van der Waals surface area contributed by atoms with E-state index in [4.69, 9.17) is 4.84 Å². The molecule has 0 N–H and O–H groups in total. The van der Waals surface area contributed by atoms with Gasteiger partial charge >= 0.3 is 5.97 Å². The van der Waals surface area contributed by atoms with Gasteiger partial charge in [0.2, 0.25) is 0 Å². The minimum Gasteiger partial charge on any atom is -0.318 e. The summed E-state index contributed by atoms with van der Waals surface area (Å²) in [6, 6.07) is 6.57. The number of carbonyl (C=O) groups excluding carboxylic acids is 1. The summed E-state index contributed by atoms with van der Waals surface area (Å²) in [6.07, 6.45) is 2.84. The van der Waals surface area contributed by atoms with Crippen LogP contribution in [-0.4, -0.2) is 11.7 Å². The molecular weight excluding hydrogens is 245 g/mol. The van der Waals surface area contributed by atoms with E-state index in [2.05, 4.69) is 5.16 Å². The molecule has 2 fully saturated rings. The highest BCUT2D eigenvalue weighted by molar-refractivity contribution is 5.88. The third-order valence-electron chi connectivity index (χ3n) is 3.82. The molecular formula is C15H16FNO2. The van der Waals surface area contributed by atoms with Gasteiger partial charge in [-0.1, -0.05) is 17.3 Å². The van der Waals surface area contributed by atoms with E-state index in [-0.39, 0.29) is 17.7 Å². The van der Waals surface area contributed by atoms with Crippen LogP contribution in [0.5, 0.6) is 0 Å². The first kappa shape index (κ1) is 12.3. The molecule has 2 saturated carbocycles. The fourth-order valence-electron chi connectivity index (χ4n) is 2.31. The molecule has 0 amide bonds. The highest BCUT2D eigenvalue weighted by Crippen LogP contribution is 2.48. The molecule has 100 valence electrons. The van der Waals surface area contributed by atoms with Gasteiger partial charge in [0.25, 0.3) is 0 Å². The van der Waals surface area contributed by atoms with Gasteiger partial charge in [-0.25, -0.2) is 9.18 Å². The summed E-state index contributed by atoms with van der Waals surface area (Å²) in [4.78, 5) is 16.3. The van der Waals surface area contributed by atoms with Crippen molar-refractivity contribution < 1.29 is 14.0 Å². The van der Waals surface area contributed by atoms with E-state index in [9.17, 15) is 9.18 Å². The largest absolute Gasteiger partial charge is 0.338 e. The van der Waals surface area contributed by atoms with Crippen molar-refractivity contribution in [3.63, 3.8) is 0 Å². The lowest BCUT2D eigenvalue weighted by atomic mass is 10.1. The van der Waals surface area contributed by atoms with Crippen molar-refractivity contribution in [2.75, 3.05) is 0 Å². The zero-order valence-corrected chi connectivity index (χ0v) is 10.8. The first-order valence-electron chi connectivity index (χ1n) is 6.66. The minimum atomic E-state index is -0.218. The second kappa shape index (κ2) is 4.76. The van der Waals surface area contributed by atoms with Crippen molar-refractivity contribution in [1.82, 2.24) is 0 Å². The predicted molar refractivity (Wildman–Crippen MR) is 69.2 cm³/mol. The molecule has 0 spiro atoms. The van der Waals surface area contributed by atoms with E-state index < -0.39 is 0 Å². The average molecular weight is 261 g/mol. The van der Waals surface area contributed by atoms with Crippen LogP contribution < -0.4 is 0 Å². The molecule has 3 nitrogen and oxygen atoms in total. The van der Waals surface area contributed by atoms with Crippen molar-refractivity contribution >= 4 is 11.7 Å². The third kappa shape index (κ3) is 2.83. The van der Waals surface area contributed by atoms with Crippen LogP contribution in [0.2, 0.25) is 0 Å². The summed E-state index contributed by atoms with van der Waals surface area (Å²) >= 11 is 0. The van der Waals surface area contributed by atoms with Gasteiger partial charge in [0, 0.05) is 5.92 Å². The Morgan fingerprint density at radius 2 is 2.00 bits per heavy atom. The van der Waals surface area contributed by atoms with Crippen molar-refractivity contribution in [1.29, 1.82) is 0 Å².